The van der Waals surface area contributed by atoms with Crippen LogP contribution in [0.4, 0.5) is 5.82 Å². The third-order valence-corrected chi connectivity index (χ3v) is 3.12. The van der Waals surface area contributed by atoms with E-state index in [-0.39, 0.29) is 11.2 Å². The van der Waals surface area contributed by atoms with E-state index >= 15 is 0 Å². The Morgan fingerprint density at radius 2 is 2.05 bits per heavy atom. The zero-order valence-electron chi connectivity index (χ0n) is 9.70. The number of nitrogens with zero attached hydrogens (tertiary/aromatic N) is 3. The van der Waals surface area contributed by atoms with Crippen LogP contribution in [-0.4, -0.2) is 14.6 Å². The predicted molar refractivity (Wildman–Crippen MR) is 70.9 cm³/mol. The normalized spacial score (nSPS) is 11.6. The van der Waals surface area contributed by atoms with Crippen LogP contribution in [0.2, 0.25) is 0 Å². The van der Waals surface area contributed by atoms with Crippen LogP contribution in [0.15, 0.2) is 45.7 Å². The molecule has 0 spiro atoms. The van der Waals surface area contributed by atoms with Crippen molar-refractivity contribution in [3.63, 3.8) is 0 Å². The maximum absolute atomic E-state index is 12.1. The lowest BCUT2D eigenvalue weighted by atomic mass is 10.2. The number of rotatable bonds is 0. The van der Waals surface area contributed by atoms with E-state index in [1.54, 1.807) is 24.4 Å². The minimum absolute atomic E-state index is 0.240. The molecule has 0 radical (unpaired) electrons. The fraction of sp³-hybridized carbons (Fsp3) is 0. The third kappa shape index (κ3) is 1.22. The third-order valence-electron chi connectivity index (χ3n) is 3.12. The lowest BCUT2D eigenvalue weighted by Gasteiger charge is -2.05. The summed E-state index contributed by atoms with van der Waals surface area (Å²) >= 11 is 0. The maximum Gasteiger partial charge on any atom is 0.349 e. The van der Waals surface area contributed by atoms with Crippen molar-refractivity contribution < 1.29 is 4.42 Å². The molecule has 0 atom stereocenters. The van der Waals surface area contributed by atoms with Crippen LogP contribution in [0.3, 0.4) is 0 Å². The first-order chi connectivity index (χ1) is 9.25. The summed E-state index contributed by atoms with van der Waals surface area (Å²) in [6.07, 6.45) is 1.58. The molecule has 4 aromatic rings. The molecular weight excluding hydrogens is 244 g/mol. The first-order valence-electron chi connectivity index (χ1n) is 5.70. The van der Waals surface area contributed by atoms with E-state index in [1.165, 1.54) is 4.52 Å². The number of anilines is 1. The Bertz CT molecular complexity index is 1000. The second kappa shape index (κ2) is 3.32. The van der Waals surface area contributed by atoms with Gasteiger partial charge in [0.05, 0.1) is 11.7 Å². The molecule has 0 saturated heterocycles. The second-order valence-corrected chi connectivity index (χ2v) is 4.21. The molecule has 6 nitrogen and oxygen atoms in total. The highest BCUT2D eigenvalue weighted by atomic mass is 16.4. The maximum atomic E-state index is 12.1. The molecule has 0 aliphatic heterocycles. The van der Waals surface area contributed by atoms with E-state index < -0.39 is 5.63 Å². The molecule has 0 saturated carbocycles. The summed E-state index contributed by atoms with van der Waals surface area (Å²) in [4.78, 5) is 16.5. The first kappa shape index (κ1) is 10.1. The number of hydrogen-bond donors (Lipinski definition) is 1. The zero-order valence-corrected chi connectivity index (χ0v) is 9.70. The van der Waals surface area contributed by atoms with Gasteiger partial charge in [-0.2, -0.15) is 9.61 Å². The number of para-hydroxylation sites is 1. The quantitative estimate of drug-likeness (QED) is 0.379. The molecule has 2 N–H and O–H groups in total. The predicted octanol–water partition coefficient (Wildman–Crippen LogP) is 1.57. The van der Waals surface area contributed by atoms with E-state index in [9.17, 15) is 4.79 Å². The van der Waals surface area contributed by atoms with Gasteiger partial charge in [-0.05, 0) is 12.1 Å². The molecular formula is C13H8N4O2. The molecule has 0 aliphatic carbocycles. The summed E-state index contributed by atoms with van der Waals surface area (Å²) in [5.41, 5.74) is 7.12. The summed E-state index contributed by atoms with van der Waals surface area (Å²) in [5, 5.41) is 5.05. The summed E-state index contributed by atoms with van der Waals surface area (Å²) < 4.78 is 6.69. The average Bonchev–Trinajstić information content (AvgIpc) is 2.87. The van der Waals surface area contributed by atoms with Gasteiger partial charge in [-0.3, -0.25) is 0 Å². The van der Waals surface area contributed by atoms with Crippen molar-refractivity contribution in [3.8, 4) is 0 Å². The van der Waals surface area contributed by atoms with Crippen LogP contribution in [0.25, 0.3) is 27.5 Å². The molecule has 1 aromatic carbocycles. The van der Waals surface area contributed by atoms with Crippen molar-refractivity contribution in [2.45, 2.75) is 0 Å². The number of benzene rings is 1. The number of nitrogens with two attached hydrogens (primary N) is 1. The second-order valence-electron chi connectivity index (χ2n) is 4.21. The lowest BCUT2D eigenvalue weighted by molar-refractivity contribution is 0.569. The minimum Gasteiger partial charge on any atom is -0.422 e. The standard InChI is InChI=1S/C13H8N4O2/c14-12-10-11(16-9-5-6-15-17(9)12)7-3-1-2-4-8(7)19-13(10)18/h1-6H,14H2. The van der Waals surface area contributed by atoms with E-state index in [4.69, 9.17) is 10.2 Å². The van der Waals surface area contributed by atoms with Crippen molar-refractivity contribution in [1.29, 1.82) is 0 Å². The molecule has 6 heteroatoms. The van der Waals surface area contributed by atoms with Crippen molar-refractivity contribution >= 4 is 33.3 Å². The van der Waals surface area contributed by atoms with Crippen LogP contribution < -0.4 is 11.4 Å². The number of aromatic nitrogens is 3. The molecule has 0 aliphatic rings. The van der Waals surface area contributed by atoms with Crippen molar-refractivity contribution in [2.75, 3.05) is 5.73 Å². The number of hydrogen-bond acceptors (Lipinski definition) is 5. The number of fused-ring (bicyclic) bond motifs is 4. The molecule has 19 heavy (non-hydrogen) atoms. The van der Waals surface area contributed by atoms with Gasteiger partial charge in [0.15, 0.2) is 5.65 Å². The Labute approximate surface area is 106 Å². The molecule has 0 unspecified atom stereocenters. The monoisotopic (exact) mass is 252 g/mol. The largest absolute Gasteiger partial charge is 0.422 e. The molecule has 92 valence electrons. The molecule has 3 aromatic heterocycles. The van der Waals surface area contributed by atoms with E-state index in [2.05, 4.69) is 10.1 Å². The van der Waals surface area contributed by atoms with E-state index in [1.807, 2.05) is 12.1 Å². The Kier molecular flexibility index (Phi) is 1.76. The summed E-state index contributed by atoms with van der Waals surface area (Å²) in [5.74, 6) is 0.240. The minimum atomic E-state index is -0.504. The van der Waals surface area contributed by atoms with Gasteiger partial charge in [-0.1, -0.05) is 12.1 Å². The average molecular weight is 252 g/mol. The van der Waals surface area contributed by atoms with Crippen molar-refractivity contribution in [3.05, 3.63) is 46.9 Å². The zero-order chi connectivity index (χ0) is 13.0. The van der Waals surface area contributed by atoms with Crippen molar-refractivity contribution in [2.24, 2.45) is 0 Å². The molecule has 4 rings (SSSR count). The van der Waals surface area contributed by atoms with Crippen LogP contribution in [0.5, 0.6) is 0 Å². The Balaban J connectivity index is 2.42. The van der Waals surface area contributed by atoms with Crippen LogP contribution in [-0.2, 0) is 0 Å². The van der Waals surface area contributed by atoms with Crippen molar-refractivity contribution in [1.82, 2.24) is 14.6 Å². The topological polar surface area (TPSA) is 86.4 Å². The molecule has 0 amide bonds. The van der Waals surface area contributed by atoms with E-state index in [0.29, 0.717) is 16.7 Å². The van der Waals surface area contributed by atoms with Crippen LogP contribution in [0, 0.1) is 0 Å². The Morgan fingerprint density at radius 1 is 1.21 bits per heavy atom. The summed E-state index contributed by atoms with van der Waals surface area (Å²) in [7, 11) is 0. The van der Waals surface area contributed by atoms with Gasteiger partial charge in [0, 0.05) is 11.5 Å². The van der Waals surface area contributed by atoms with Gasteiger partial charge in [0.2, 0.25) is 0 Å². The molecule has 0 fully saturated rings. The summed E-state index contributed by atoms with van der Waals surface area (Å²) in [6.45, 7) is 0. The van der Waals surface area contributed by atoms with Gasteiger partial charge in [-0.25, -0.2) is 9.78 Å². The van der Waals surface area contributed by atoms with Gasteiger partial charge in [0.25, 0.3) is 0 Å². The smallest absolute Gasteiger partial charge is 0.349 e. The first-order valence-corrected chi connectivity index (χ1v) is 5.70. The molecule has 0 bridgehead atoms. The fourth-order valence-corrected chi connectivity index (χ4v) is 2.26. The highest BCUT2D eigenvalue weighted by Crippen LogP contribution is 2.24. The highest BCUT2D eigenvalue weighted by Gasteiger charge is 2.14. The fourth-order valence-electron chi connectivity index (χ4n) is 2.26. The van der Waals surface area contributed by atoms with Gasteiger partial charge in [-0.15, -0.1) is 0 Å². The van der Waals surface area contributed by atoms with Gasteiger partial charge < -0.3 is 10.2 Å². The van der Waals surface area contributed by atoms with Crippen LogP contribution in [0.1, 0.15) is 0 Å². The van der Waals surface area contributed by atoms with E-state index in [0.717, 1.165) is 5.39 Å². The Hall–Kier alpha value is -2.89. The molecule has 3 heterocycles. The Morgan fingerprint density at radius 3 is 2.95 bits per heavy atom. The van der Waals surface area contributed by atoms with Crippen LogP contribution >= 0.6 is 0 Å². The number of nitrogen functional groups attached to an aromatic ring is 1. The SMILES string of the molecule is Nc1c2c(=O)oc3ccccc3c2nc2ccnn12. The highest BCUT2D eigenvalue weighted by molar-refractivity contribution is 6.05. The summed E-state index contributed by atoms with van der Waals surface area (Å²) in [6, 6.07) is 8.98. The van der Waals surface area contributed by atoms with Gasteiger partial charge in [0.1, 0.15) is 16.8 Å². The lowest BCUT2D eigenvalue weighted by Crippen LogP contribution is -2.09. The van der Waals surface area contributed by atoms with Gasteiger partial charge >= 0.3 is 5.63 Å².